The summed E-state index contributed by atoms with van der Waals surface area (Å²) in [5.74, 6) is 1.12. The molecule has 0 bridgehead atoms. The molecule has 1 atom stereocenters. The number of fused-ring (bicyclic) bond motifs is 1. The van der Waals surface area contributed by atoms with Crippen molar-refractivity contribution >= 4 is 29.1 Å². The van der Waals surface area contributed by atoms with Crippen molar-refractivity contribution in [2.45, 2.75) is 64.1 Å². The van der Waals surface area contributed by atoms with Gasteiger partial charge in [-0.3, -0.25) is 9.69 Å². The third-order valence-corrected chi connectivity index (χ3v) is 7.89. The first kappa shape index (κ1) is 23.4. The topological polar surface area (TPSA) is 41.6 Å². The number of likely N-dealkylation sites (tertiary alicyclic amines) is 1. The number of rotatable bonds is 6. The van der Waals surface area contributed by atoms with Crippen molar-refractivity contribution in [1.29, 1.82) is 0 Å². The van der Waals surface area contributed by atoms with Crippen LogP contribution in [0.1, 0.15) is 63.1 Å². The maximum Gasteiger partial charge on any atom is 0.223 e. The number of carbonyl (C=O) groups excluding carboxylic acids is 1. The van der Waals surface area contributed by atoms with E-state index in [0.29, 0.717) is 10.0 Å². The molecule has 2 aromatic carbocycles. The summed E-state index contributed by atoms with van der Waals surface area (Å²) in [4.78, 5) is 15.6. The Kier molecular flexibility index (Phi) is 7.34. The molecule has 1 saturated heterocycles. The summed E-state index contributed by atoms with van der Waals surface area (Å²) in [5.41, 5.74) is 2.03. The number of nitrogens with one attached hydrogen (secondary N) is 1. The monoisotopic (exact) mass is 474 g/mol. The smallest absolute Gasteiger partial charge is 0.223 e. The molecule has 0 radical (unpaired) electrons. The molecule has 6 heteroatoms. The van der Waals surface area contributed by atoms with Gasteiger partial charge in [0.05, 0.1) is 16.1 Å². The second-order valence-corrected chi connectivity index (χ2v) is 9.91. The Morgan fingerprint density at radius 1 is 1.09 bits per heavy atom. The van der Waals surface area contributed by atoms with Crippen molar-refractivity contribution in [3.63, 3.8) is 0 Å². The number of benzene rings is 2. The van der Waals surface area contributed by atoms with Crippen LogP contribution in [0.2, 0.25) is 10.0 Å². The maximum absolute atomic E-state index is 13.2. The molecule has 2 aromatic rings. The second kappa shape index (κ2) is 10.0. The van der Waals surface area contributed by atoms with Crippen LogP contribution in [0.5, 0.6) is 5.75 Å². The highest BCUT2D eigenvalue weighted by Gasteiger charge is 2.39. The molecule has 4 nitrogen and oxygen atoms in total. The summed E-state index contributed by atoms with van der Waals surface area (Å²) in [6.07, 6.45) is 4.41. The number of piperidine rings is 1. The van der Waals surface area contributed by atoms with Crippen LogP contribution in [0.3, 0.4) is 0 Å². The highest BCUT2D eigenvalue weighted by molar-refractivity contribution is 6.42. The van der Waals surface area contributed by atoms with Crippen LogP contribution in [0.4, 0.5) is 0 Å². The predicted octanol–water partition coefficient (Wildman–Crippen LogP) is 6.40. The lowest BCUT2D eigenvalue weighted by Gasteiger charge is -2.42. The third kappa shape index (κ3) is 5.08. The third-order valence-electron chi connectivity index (χ3n) is 7.15. The van der Waals surface area contributed by atoms with Gasteiger partial charge in [0.1, 0.15) is 11.4 Å². The molecule has 4 rings (SSSR count). The van der Waals surface area contributed by atoms with Crippen LogP contribution in [-0.2, 0) is 11.3 Å². The van der Waals surface area contributed by atoms with Gasteiger partial charge >= 0.3 is 0 Å². The molecule has 0 aromatic heterocycles. The molecule has 2 aliphatic rings. The van der Waals surface area contributed by atoms with E-state index in [1.807, 2.05) is 36.4 Å². The van der Waals surface area contributed by atoms with E-state index in [9.17, 15) is 4.79 Å². The van der Waals surface area contributed by atoms with E-state index in [2.05, 4.69) is 30.1 Å². The predicted molar refractivity (Wildman–Crippen MR) is 130 cm³/mol. The van der Waals surface area contributed by atoms with Gasteiger partial charge in [-0.25, -0.2) is 0 Å². The summed E-state index contributed by atoms with van der Waals surface area (Å²) in [6, 6.07) is 13.9. The SMILES string of the molecule is CCC1(CC)C[C@@H](NC(=O)C2CCN(Cc3ccc(Cl)c(Cl)c3)CC2)c2ccccc2O1. The molecule has 0 unspecified atom stereocenters. The number of hydrogen-bond acceptors (Lipinski definition) is 3. The van der Waals surface area contributed by atoms with Gasteiger partial charge in [0, 0.05) is 24.4 Å². The molecule has 1 amide bonds. The largest absolute Gasteiger partial charge is 0.487 e. The molecule has 2 heterocycles. The minimum atomic E-state index is -0.213. The minimum Gasteiger partial charge on any atom is -0.487 e. The first-order chi connectivity index (χ1) is 15.4. The number of ether oxygens (including phenoxy) is 1. The Bertz CT molecular complexity index is 953. The van der Waals surface area contributed by atoms with Gasteiger partial charge in [-0.05, 0) is 62.5 Å². The normalized spacial score (nSPS) is 20.9. The Morgan fingerprint density at radius 3 is 2.50 bits per heavy atom. The Balaban J connectivity index is 1.37. The lowest BCUT2D eigenvalue weighted by atomic mass is 9.83. The number of halogens is 2. The second-order valence-electron chi connectivity index (χ2n) is 9.09. The molecule has 0 aliphatic carbocycles. The lowest BCUT2D eigenvalue weighted by molar-refractivity contribution is -0.128. The van der Waals surface area contributed by atoms with Crippen LogP contribution in [-0.4, -0.2) is 29.5 Å². The summed E-state index contributed by atoms with van der Waals surface area (Å²) in [6.45, 7) is 6.96. The van der Waals surface area contributed by atoms with E-state index < -0.39 is 0 Å². The Labute approximate surface area is 201 Å². The number of carbonyl (C=O) groups is 1. The molecule has 2 aliphatic heterocycles. The zero-order valence-corrected chi connectivity index (χ0v) is 20.4. The van der Waals surface area contributed by atoms with Crippen molar-refractivity contribution in [3.05, 3.63) is 63.6 Å². The van der Waals surface area contributed by atoms with Crippen molar-refractivity contribution < 1.29 is 9.53 Å². The van der Waals surface area contributed by atoms with Crippen molar-refractivity contribution in [2.75, 3.05) is 13.1 Å². The summed E-state index contributed by atoms with van der Waals surface area (Å²) < 4.78 is 6.39. The van der Waals surface area contributed by atoms with E-state index in [4.69, 9.17) is 27.9 Å². The summed E-state index contributed by atoms with van der Waals surface area (Å²) in [7, 11) is 0. The fraction of sp³-hybridized carbons (Fsp3) is 0.500. The molecular weight excluding hydrogens is 443 g/mol. The van der Waals surface area contributed by atoms with Gasteiger partial charge in [-0.15, -0.1) is 0 Å². The highest BCUT2D eigenvalue weighted by Crippen LogP contribution is 2.42. The maximum atomic E-state index is 13.2. The average Bonchev–Trinajstić information content (AvgIpc) is 2.81. The van der Waals surface area contributed by atoms with E-state index in [1.54, 1.807) is 0 Å². The first-order valence-electron chi connectivity index (χ1n) is 11.7. The number of amides is 1. The van der Waals surface area contributed by atoms with Crippen LogP contribution in [0.15, 0.2) is 42.5 Å². The summed E-state index contributed by atoms with van der Waals surface area (Å²) in [5, 5.41) is 4.54. The molecule has 0 spiro atoms. The molecule has 172 valence electrons. The standard InChI is InChI=1S/C26H32Cl2N2O2/c1-3-26(4-2)16-23(20-7-5-6-8-24(20)32-26)29-25(31)19-11-13-30(14-12-19)17-18-9-10-21(27)22(28)15-18/h5-10,15,19,23H,3-4,11-14,16-17H2,1-2H3,(H,29,31)/t23-/m1/s1. The van der Waals surface area contributed by atoms with Gasteiger partial charge in [0.2, 0.25) is 5.91 Å². The van der Waals surface area contributed by atoms with Gasteiger partial charge in [-0.1, -0.05) is 61.3 Å². The van der Waals surface area contributed by atoms with Crippen LogP contribution < -0.4 is 10.1 Å². The van der Waals surface area contributed by atoms with Crippen LogP contribution in [0, 0.1) is 5.92 Å². The fourth-order valence-corrected chi connectivity index (χ4v) is 5.29. The average molecular weight is 475 g/mol. The zero-order valence-electron chi connectivity index (χ0n) is 18.9. The van der Waals surface area contributed by atoms with E-state index in [-0.39, 0.29) is 23.5 Å². The van der Waals surface area contributed by atoms with Crippen molar-refractivity contribution in [2.24, 2.45) is 5.92 Å². The lowest BCUT2D eigenvalue weighted by Crippen LogP contribution is -2.47. The number of para-hydroxylation sites is 1. The Morgan fingerprint density at radius 2 is 1.81 bits per heavy atom. The van der Waals surface area contributed by atoms with Gasteiger partial charge < -0.3 is 10.1 Å². The van der Waals surface area contributed by atoms with Crippen molar-refractivity contribution in [3.8, 4) is 5.75 Å². The van der Waals surface area contributed by atoms with E-state index >= 15 is 0 Å². The van der Waals surface area contributed by atoms with Crippen LogP contribution >= 0.6 is 23.2 Å². The quantitative estimate of drug-likeness (QED) is 0.525. The molecule has 1 fully saturated rings. The summed E-state index contributed by atoms with van der Waals surface area (Å²) >= 11 is 12.2. The van der Waals surface area contributed by atoms with Gasteiger partial charge in [-0.2, -0.15) is 0 Å². The fourth-order valence-electron chi connectivity index (χ4n) is 4.97. The number of hydrogen-bond donors (Lipinski definition) is 1. The first-order valence-corrected chi connectivity index (χ1v) is 12.4. The van der Waals surface area contributed by atoms with E-state index in [0.717, 1.165) is 68.6 Å². The minimum absolute atomic E-state index is 0.00147. The van der Waals surface area contributed by atoms with Crippen molar-refractivity contribution in [1.82, 2.24) is 10.2 Å². The highest BCUT2D eigenvalue weighted by atomic mass is 35.5. The Hall–Kier alpha value is -1.75. The van der Waals surface area contributed by atoms with E-state index in [1.165, 1.54) is 0 Å². The molecule has 0 saturated carbocycles. The molecule has 1 N–H and O–H groups in total. The molecular formula is C26H32Cl2N2O2. The van der Waals surface area contributed by atoms with Gasteiger partial charge in [0.15, 0.2) is 0 Å². The molecule has 32 heavy (non-hydrogen) atoms. The van der Waals surface area contributed by atoms with Gasteiger partial charge in [0.25, 0.3) is 0 Å². The number of nitrogens with zero attached hydrogens (tertiary/aromatic N) is 1. The van der Waals surface area contributed by atoms with Crippen LogP contribution in [0.25, 0.3) is 0 Å². The zero-order chi connectivity index (χ0) is 22.7.